The molecule has 96 valence electrons. The molecule has 0 fully saturated rings. The van der Waals surface area contributed by atoms with Crippen molar-refractivity contribution in [3.63, 3.8) is 0 Å². The molecule has 0 aliphatic carbocycles. The fourth-order valence-electron chi connectivity index (χ4n) is 1.20. The minimum Gasteiger partial charge on any atom is -0.366 e. The Morgan fingerprint density at radius 1 is 1.59 bits per heavy atom. The number of amides is 1. The summed E-state index contributed by atoms with van der Waals surface area (Å²) < 4.78 is 5.40. The van der Waals surface area contributed by atoms with Crippen molar-refractivity contribution in [3.05, 3.63) is 16.1 Å². The highest BCUT2D eigenvalue weighted by Gasteiger charge is 2.16. The van der Waals surface area contributed by atoms with Crippen LogP contribution in [0.1, 0.15) is 44.4 Å². The number of nitrogens with one attached hydrogen (secondary N) is 1. The zero-order chi connectivity index (χ0) is 13.1. The first-order valence-electron chi connectivity index (χ1n) is 5.63. The summed E-state index contributed by atoms with van der Waals surface area (Å²) in [5, 5.41) is 5.76. The summed E-state index contributed by atoms with van der Waals surface area (Å²) in [5.74, 6) is -0.111. The van der Waals surface area contributed by atoms with Crippen LogP contribution >= 0.6 is 11.3 Å². The van der Waals surface area contributed by atoms with Crippen LogP contribution in [0, 0.1) is 6.92 Å². The van der Waals surface area contributed by atoms with Gasteiger partial charge in [0.15, 0.2) is 0 Å². The zero-order valence-electron chi connectivity index (χ0n) is 11.0. The van der Waals surface area contributed by atoms with Gasteiger partial charge in [0.2, 0.25) is 5.91 Å². The summed E-state index contributed by atoms with van der Waals surface area (Å²) in [7, 11) is 0. The molecule has 5 heteroatoms. The van der Waals surface area contributed by atoms with Gasteiger partial charge in [0.25, 0.3) is 0 Å². The minimum atomic E-state index is -0.293. The van der Waals surface area contributed by atoms with E-state index in [2.05, 4.69) is 10.3 Å². The molecule has 1 amide bonds. The van der Waals surface area contributed by atoms with E-state index in [1.54, 1.807) is 11.3 Å². The summed E-state index contributed by atoms with van der Waals surface area (Å²) in [6.07, 6.45) is 0. The third kappa shape index (κ3) is 5.28. The Morgan fingerprint density at radius 2 is 2.24 bits per heavy atom. The summed E-state index contributed by atoms with van der Waals surface area (Å²) in [6.45, 7) is 9.72. The molecule has 0 saturated carbocycles. The molecule has 17 heavy (non-hydrogen) atoms. The number of thiazole rings is 1. The number of rotatable bonds is 4. The van der Waals surface area contributed by atoms with Gasteiger partial charge in [0, 0.05) is 11.1 Å². The Labute approximate surface area is 106 Å². The van der Waals surface area contributed by atoms with E-state index < -0.39 is 0 Å². The van der Waals surface area contributed by atoms with Crippen molar-refractivity contribution < 1.29 is 9.53 Å². The molecule has 0 saturated heterocycles. The van der Waals surface area contributed by atoms with E-state index in [9.17, 15) is 4.79 Å². The molecule has 1 atom stereocenters. The number of hydrogen-bond acceptors (Lipinski definition) is 4. The van der Waals surface area contributed by atoms with Gasteiger partial charge in [-0.1, -0.05) is 0 Å². The van der Waals surface area contributed by atoms with Crippen LogP contribution in [-0.2, 0) is 9.53 Å². The van der Waals surface area contributed by atoms with E-state index in [4.69, 9.17) is 4.74 Å². The van der Waals surface area contributed by atoms with Crippen LogP contribution in [0.15, 0.2) is 5.38 Å². The normalized spacial score (nSPS) is 13.5. The average Bonchev–Trinajstić information content (AvgIpc) is 2.61. The second-order valence-electron chi connectivity index (χ2n) is 5.02. The molecule has 1 N–H and O–H groups in total. The maximum Gasteiger partial charge on any atom is 0.246 e. The molecule has 1 unspecified atom stereocenters. The summed E-state index contributed by atoms with van der Waals surface area (Å²) >= 11 is 1.56. The zero-order valence-corrected chi connectivity index (χ0v) is 11.9. The van der Waals surface area contributed by atoms with E-state index in [1.807, 2.05) is 40.0 Å². The van der Waals surface area contributed by atoms with Crippen molar-refractivity contribution in [3.8, 4) is 0 Å². The SMILES string of the molecule is Cc1csc(C(C)NC(=O)COC(C)(C)C)n1. The van der Waals surface area contributed by atoms with Crippen molar-refractivity contribution in [2.45, 2.75) is 46.3 Å². The molecule has 0 aliphatic rings. The molecule has 0 spiro atoms. The Kier molecular flexibility index (Phi) is 4.65. The topological polar surface area (TPSA) is 51.2 Å². The van der Waals surface area contributed by atoms with Gasteiger partial charge >= 0.3 is 0 Å². The van der Waals surface area contributed by atoms with E-state index in [1.165, 1.54) is 0 Å². The summed E-state index contributed by atoms with van der Waals surface area (Å²) in [5.41, 5.74) is 0.690. The highest BCUT2D eigenvalue weighted by atomic mass is 32.1. The van der Waals surface area contributed by atoms with Crippen LogP contribution in [0.4, 0.5) is 0 Å². The maximum absolute atomic E-state index is 11.6. The second kappa shape index (κ2) is 5.60. The first-order chi connectivity index (χ1) is 7.78. The van der Waals surface area contributed by atoms with Gasteiger partial charge in [-0.05, 0) is 34.6 Å². The lowest BCUT2D eigenvalue weighted by atomic mass is 10.2. The Hall–Kier alpha value is -0.940. The van der Waals surface area contributed by atoms with Gasteiger partial charge in [0.1, 0.15) is 11.6 Å². The van der Waals surface area contributed by atoms with Crippen LogP contribution in [0.3, 0.4) is 0 Å². The lowest BCUT2D eigenvalue weighted by Crippen LogP contribution is -2.33. The number of ether oxygens (including phenoxy) is 1. The van der Waals surface area contributed by atoms with Gasteiger partial charge in [-0.3, -0.25) is 4.79 Å². The van der Waals surface area contributed by atoms with Crippen LogP contribution in [0.5, 0.6) is 0 Å². The monoisotopic (exact) mass is 256 g/mol. The van der Waals surface area contributed by atoms with Gasteiger partial charge in [-0.15, -0.1) is 11.3 Å². The highest BCUT2D eigenvalue weighted by Crippen LogP contribution is 2.17. The third-order valence-electron chi connectivity index (χ3n) is 2.02. The number of carbonyl (C=O) groups is 1. The van der Waals surface area contributed by atoms with Crippen molar-refractivity contribution >= 4 is 17.2 Å². The van der Waals surface area contributed by atoms with Crippen molar-refractivity contribution in [1.82, 2.24) is 10.3 Å². The molecule has 1 rings (SSSR count). The van der Waals surface area contributed by atoms with Crippen LogP contribution in [0.2, 0.25) is 0 Å². The maximum atomic E-state index is 11.6. The van der Waals surface area contributed by atoms with Crippen molar-refractivity contribution in [2.24, 2.45) is 0 Å². The fraction of sp³-hybridized carbons (Fsp3) is 0.667. The third-order valence-corrected chi connectivity index (χ3v) is 3.17. The smallest absolute Gasteiger partial charge is 0.246 e. The van der Waals surface area contributed by atoms with E-state index in [0.717, 1.165) is 10.7 Å². The van der Waals surface area contributed by atoms with E-state index >= 15 is 0 Å². The summed E-state index contributed by atoms with van der Waals surface area (Å²) in [6, 6.07) is -0.0650. The van der Waals surface area contributed by atoms with E-state index in [-0.39, 0.29) is 24.2 Å². The molecule has 0 radical (unpaired) electrons. The molecule has 1 aromatic rings. The minimum absolute atomic E-state index is 0.0650. The van der Waals surface area contributed by atoms with E-state index in [0.29, 0.717) is 0 Å². The van der Waals surface area contributed by atoms with Gasteiger partial charge in [-0.25, -0.2) is 4.98 Å². The lowest BCUT2D eigenvalue weighted by Gasteiger charge is -2.20. The molecule has 0 aliphatic heterocycles. The van der Waals surface area contributed by atoms with Crippen molar-refractivity contribution in [2.75, 3.05) is 6.61 Å². The van der Waals surface area contributed by atoms with Crippen molar-refractivity contribution in [1.29, 1.82) is 0 Å². The summed E-state index contributed by atoms with van der Waals surface area (Å²) in [4.78, 5) is 16.0. The first kappa shape index (κ1) is 14.1. The Bertz CT molecular complexity index is 382. The number of carbonyl (C=O) groups excluding carboxylic acids is 1. The molecular weight excluding hydrogens is 236 g/mol. The quantitative estimate of drug-likeness (QED) is 0.900. The highest BCUT2D eigenvalue weighted by molar-refractivity contribution is 7.09. The van der Waals surface area contributed by atoms with Crippen LogP contribution in [0.25, 0.3) is 0 Å². The largest absolute Gasteiger partial charge is 0.366 e. The predicted octanol–water partition coefficient (Wildman–Crippen LogP) is 2.44. The van der Waals surface area contributed by atoms with Gasteiger partial charge < -0.3 is 10.1 Å². The first-order valence-corrected chi connectivity index (χ1v) is 6.51. The molecule has 4 nitrogen and oxygen atoms in total. The number of hydrogen-bond donors (Lipinski definition) is 1. The fourth-order valence-corrected chi connectivity index (χ4v) is 2.00. The number of aromatic nitrogens is 1. The number of nitrogens with zero attached hydrogens (tertiary/aromatic N) is 1. The van der Waals surface area contributed by atoms with Gasteiger partial charge in [-0.2, -0.15) is 0 Å². The second-order valence-corrected chi connectivity index (χ2v) is 5.91. The molecular formula is C12H20N2O2S. The van der Waals surface area contributed by atoms with Gasteiger partial charge in [0.05, 0.1) is 11.6 Å². The molecule has 1 heterocycles. The Morgan fingerprint density at radius 3 is 2.71 bits per heavy atom. The predicted molar refractivity (Wildman–Crippen MR) is 69.1 cm³/mol. The van der Waals surface area contributed by atoms with Crippen LogP contribution < -0.4 is 5.32 Å². The molecule has 1 aromatic heterocycles. The average molecular weight is 256 g/mol. The molecule has 0 aromatic carbocycles. The van der Waals surface area contributed by atoms with Crippen LogP contribution in [-0.4, -0.2) is 23.1 Å². The molecule has 0 bridgehead atoms. The Balaban J connectivity index is 2.41. The number of aryl methyl sites for hydroxylation is 1. The standard InChI is InChI=1S/C12H20N2O2S/c1-8-7-17-11(13-8)9(2)14-10(15)6-16-12(3,4)5/h7,9H,6H2,1-5H3,(H,14,15). The lowest BCUT2D eigenvalue weighted by molar-refractivity contribution is -0.131.